The summed E-state index contributed by atoms with van der Waals surface area (Å²) in [5.41, 5.74) is 0.882. The molecule has 0 radical (unpaired) electrons. The lowest BCUT2D eigenvalue weighted by molar-refractivity contribution is -0.123. The maximum Gasteiger partial charge on any atom is 0.212 e. The fourth-order valence-electron chi connectivity index (χ4n) is 12.4. The van der Waals surface area contributed by atoms with Gasteiger partial charge in [0.1, 0.15) is 20.0 Å². The van der Waals surface area contributed by atoms with Gasteiger partial charge in [0.05, 0.1) is 14.5 Å². The van der Waals surface area contributed by atoms with Crippen molar-refractivity contribution in [1.82, 2.24) is 9.97 Å². The Labute approximate surface area is 334 Å². The van der Waals surface area contributed by atoms with Crippen LogP contribution in [0.5, 0.6) is 5.75 Å². The Morgan fingerprint density at radius 2 is 0.964 bits per heavy atom. The molecule has 8 atom stereocenters. The number of nitrogens with zero attached hydrogens (tertiary/aromatic N) is 4. The van der Waals surface area contributed by atoms with Crippen molar-refractivity contribution in [2.45, 2.75) is 115 Å². The molecule has 8 unspecified atom stereocenters. The van der Waals surface area contributed by atoms with Crippen LogP contribution < -0.4 is 4.74 Å². The van der Waals surface area contributed by atoms with E-state index in [2.05, 4.69) is 0 Å². The smallest absolute Gasteiger partial charge is 0.212 e. The van der Waals surface area contributed by atoms with Crippen molar-refractivity contribution in [1.29, 1.82) is 0 Å². The summed E-state index contributed by atoms with van der Waals surface area (Å²) in [7, 11) is 0. The number of carbonyl (C=O) groups is 4. The van der Waals surface area contributed by atoms with Crippen molar-refractivity contribution in [2.24, 2.45) is 57.3 Å². The summed E-state index contributed by atoms with van der Waals surface area (Å²) in [5, 5.41) is 0.942. The standard InChI is InChI=1S/C42H42N4O5S4/c47-29-22-14-18-8-2-3-9-19(18)15-23(22)30(48)27(29)43-40-45-38-35(54-40)26-34(52-38)36-33(51-42(26)12-6-1-7-13-42)37-39(53-36)46-41(55-37)44-28-31(49)24-16-20-10-4-5-11-21(20)17-25(24)32(28)50/h18-25H,1-17H2. The number of aliphatic imine (C=N–C) groups is 2. The third-order valence-electron chi connectivity index (χ3n) is 15.1. The minimum Gasteiger partial charge on any atom is -0.479 e. The summed E-state index contributed by atoms with van der Waals surface area (Å²) in [4.78, 5) is 77.8. The molecule has 8 aliphatic rings. The fourth-order valence-corrected chi connectivity index (χ4v) is 17.3. The minimum absolute atomic E-state index is 0.0651. The Morgan fingerprint density at radius 3 is 1.45 bits per heavy atom. The van der Waals surface area contributed by atoms with Gasteiger partial charge in [-0.25, -0.2) is 20.0 Å². The molecule has 284 valence electrons. The van der Waals surface area contributed by atoms with E-state index in [4.69, 9.17) is 24.7 Å². The van der Waals surface area contributed by atoms with Crippen LogP contribution >= 0.6 is 45.3 Å². The van der Waals surface area contributed by atoms with Gasteiger partial charge in [-0.15, -0.1) is 22.7 Å². The Kier molecular flexibility index (Phi) is 7.74. The van der Waals surface area contributed by atoms with Crippen molar-refractivity contribution in [3.8, 4) is 15.5 Å². The van der Waals surface area contributed by atoms with Gasteiger partial charge in [0.2, 0.25) is 10.3 Å². The topological polar surface area (TPSA) is 128 Å². The van der Waals surface area contributed by atoms with Gasteiger partial charge in [0, 0.05) is 29.2 Å². The molecule has 1 spiro atoms. The van der Waals surface area contributed by atoms with E-state index in [1.54, 1.807) is 22.7 Å². The summed E-state index contributed by atoms with van der Waals surface area (Å²) in [6.45, 7) is 0. The van der Waals surface area contributed by atoms with E-state index in [9.17, 15) is 19.2 Å². The molecule has 7 fully saturated rings. The number of hydrogen-bond donors (Lipinski definition) is 0. The number of Topliss-reactive ketones (excluding diaryl/α,β-unsaturated/α-hetero) is 4. The molecule has 5 heterocycles. The number of rotatable bonds is 2. The van der Waals surface area contributed by atoms with E-state index in [1.165, 1.54) is 79.6 Å². The van der Waals surface area contributed by atoms with Crippen molar-refractivity contribution >= 4 is 109 Å². The highest BCUT2D eigenvalue weighted by atomic mass is 32.1. The largest absolute Gasteiger partial charge is 0.479 e. The second-order valence-electron chi connectivity index (χ2n) is 17.8. The average molecular weight is 811 g/mol. The SMILES string of the molecule is O=C1C(=Nc2nc3sc4c(c3s2)OC2(CCCCC2)c2c-4sc3nc(N=C4C(=O)C5CC6CCCCC6CC5C4=O)sc23)C(=O)C2CC3CCCCC3CC12. The molecule has 13 heteroatoms. The first-order valence-corrected chi connectivity index (χ1v) is 24.0. The lowest BCUT2D eigenvalue weighted by Crippen LogP contribution is -2.37. The second kappa shape index (κ2) is 12.5. The highest BCUT2D eigenvalue weighted by Crippen LogP contribution is 2.63. The van der Waals surface area contributed by atoms with Crippen molar-refractivity contribution in [3.05, 3.63) is 5.56 Å². The number of fused-ring (bicyclic) bond motifs is 12. The van der Waals surface area contributed by atoms with Crippen LogP contribution in [0.15, 0.2) is 9.98 Å². The summed E-state index contributed by atoms with van der Waals surface area (Å²) >= 11 is 6.13. The van der Waals surface area contributed by atoms with Gasteiger partial charge >= 0.3 is 0 Å². The number of ketones is 4. The quantitative estimate of drug-likeness (QED) is 0.197. The molecule has 0 N–H and O–H groups in total. The predicted molar refractivity (Wildman–Crippen MR) is 217 cm³/mol. The minimum atomic E-state index is -0.520. The normalized spacial score (nSPS) is 33.7. The van der Waals surface area contributed by atoms with Gasteiger partial charge in [-0.2, -0.15) is 0 Å². The van der Waals surface area contributed by atoms with Gasteiger partial charge in [0.25, 0.3) is 0 Å². The Balaban J connectivity index is 0.885. The van der Waals surface area contributed by atoms with Crippen LogP contribution in [0.1, 0.15) is 115 Å². The van der Waals surface area contributed by atoms with Crippen LogP contribution in [0.3, 0.4) is 0 Å². The van der Waals surface area contributed by atoms with Crippen LogP contribution in [0, 0.1) is 47.3 Å². The third-order valence-corrected chi connectivity index (χ3v) is 19.6. The molecular formula is C42H42N4O5S4. The van der Waals surface area contributed by atoms with E-state index in [-0.39, 0.29) is 58.2 Å². The molecule has 7 saturated carbocycles. The molecule has 0 bridgehead atoms. The van der Waals surface area contributed by atoms with Crippen LogP contribution in [0.25, 0.3) is 28.8 Å². The van der Waals surface area contributed by atoms with E-state index in [0.29, 0.717) is 33.9 Å². The van der Waals surface area contributed by atoms with Crippen LogP contribution in [-0.2, 0) is 24.8 Å². The molecule has 9 nitrogen and oxygen atoms in total. The molecule has 0 amide bonds. The number of carbonyl (C=O) groups excluding carboxylic acids is 4. The molecular weight excluding hydrogens is 769 g/mol. The highest BCUT2D eigenvalue weighted by Gasteiger charge is 2.54. The van der Waals surface area contributed by atoms with Crippen molar-refractivity contribution in [2.75, 3.05) is 0 Å². The zero-order chi connectivity index (χ0) is 36.7. The monoisotopic (exact) mass is 810 g/mol. The molecule has 4 aromatic rings. The first kappa shape index (κ1) is 34.1. The Hall–Kier alpha value is -3.00. The van der Waals surface area contributed by atoms with Crippen LogP contribution in [0.2, 0.25) is 0 Å². The lowest BCUT2D eigenvalue weighted by atomic mass is 9.64. The maximum absolute atomic E-state index is 13.7. The van der Waals surface area contributed by atoms with E-state index in [0.717, 1.165) is 92.4 Å². The van der Waals surface area contributed by atoms with Gasteiger partial charge in [-0.05, 0) is 75.0 Å². The number of thiophene rings is 2. The zero-order valence-electron chi connectivity index (χ0n) is 30.6. The molecule has 0 saturated heterocycles. The first-order chi connectivity index (χ1) is 26.8. The Bertz CT molecular complexity index is 2360. The zero-order valence-corrected chi connectivity index (χ0v) is 33.9. The molecule has 12 rings (SSSR count). The van der Waals surface area contributed by atoms with E-state index < -0.39 is 5.60 Å². The average Bonchev–Trinajstić information content (AvgIpc) is 4.03. The van der Waals surface area contributed by atoms with Gasteiger partial charge in [-0.3, -0.25) is 19.2 Å². The van der Waals surface area contributed by atoms with Crippen molar-refractivity contribution < 1.29 is 23.9 Å². The van der Waals surface area contributed by atoms with Crippen LogP contribution in [-0.4, -0.2) is 44.5 Å². The number of aromatic nitrogens is 2. The molecule has 7 aliphatic carbocycles. The van der Waals surface area contributed by atoms with Gasteiger partial charge < -0.3 is 4.74 Å². The number of thiazole rings is 2. The Morgan fingerprint density at radius 1 is 0.527 bits per heavy atom. The van der Waals surface area contributed by atoms with E-state index >= 15 is 0 Å². The fraction of sp³-hybridized carbons (Fsp3) is 0.619. The molecule has 1 aliphatic heterocycles. The van der Waals surface area contributed by atoms with E-state index in [1.807, 2.05) is 0 Å². The first-order valence-electron chi connectivity index (χ1n) is 20.7. The van der Waals surface area contributed by atoms with Gasteiger partial charge in [0.15, 0.2) is 40.3 Å². The highest BCUT2D eigenvalue weighted by molar-refractivity contribution is 7.35. The number of hydrogen-bond acceptors (Lipinski definition) is 13. The lowest BCUT2D eigenvalue weighted by Gasteiger charge is -2.40. The summed E-state index contributed by atoms with van der Waals surface area (Å²) in [5.74, 6) is 1.97. The second-order valence-corrected chi connectivity index (χ2v) is 21.8. The molecule has 0 aromatic carbocycles. The van der Waals surface area contributed by atoms with Crippen LogP contribution in [0.4, 0.5) is 10.3 Å². The summed E-state index contributed by atoms with van der Waals surface area (Å²) in [6, 6.07) is 0. The number of ether oxygens (including phenoxy) is 1. The summed E-state index contributed by atoms with van der Waals surface area (Å²) in [6.07, 6.45) is 18.0. The third kappa shape index (κ3) is 5.03. The summed E-state index contributed by atoms with van der Waals surface area (Å²) < 4.78 is 9.16. The van der Waals surface area contributed by atoms with Gasteiger partial charge in [-0.1, -0.05) is 80.5 Å². The maximum atomic E-state index is 13.7. The molecule has 55 heavy (non-hydrogen) atoms. The molecule has 4 aromatic heterocycles. The van der Waals surface area contributed by atoms with Crippen molar-refractivity contribution in [3.63, 3.8) is 0 Å². The predicted octanol–water partition coefficient (Wildman–Crippen LogP) is 10.4.